The molecular formula is C29H40N3S+. The van der Waals surface area contributed by atoms with Crippen molar-refractivity contribution in [1.82, 2.24) is 4.90 Å². The summed E-state index contributed by atoms with van der Waals surface area (Å²) in [6.07, 6.45) is 7.05. The Balaban J connectivity index is 0.00000149. The average molecular weight is 463 g/mol. The molecule has 2 heterocycles. The standard InChI is InChI=1S/C27H34N3S.C2H6/c1-4-28(5-2)18-11-12-19-30-25-15-9-10-16-26(25)31-27(30)21-22-17-20-29(6-3)24-14-8-7-13-23(22)24;1-2/h7-10,13-17,20-21H,4-6,11-12,18-19H2,1-3H3;1-2H3/q+1;. The minimum Gasteiger partial charge on any atom is -0.335 e. The predicted molar refractivity (Wildman–Crippen MR) is 146 cm³/mol. The SMILES string of the molecule is CC.CCN(CC)CCCCN1/C(=C/c2cc[n+](CC)c3ccccc23)Sc2ccccc21. The topological polar surface area (TPSA) is 10.4 Å². The molecule has 2 aromatic carbocycles. The number of fused-ring (bicyclic) bond motifs is 2. The fourth-order valence-electron chi connectivity index (χ4n) is 4.38. The van der Waals surface area contributed by atoms with E-state index >= 15 is 0 Å². The highest BCUT2D eigenvalue weighted by molar-refractivity contribution is 8.03. The molecule has 4 heteroatoms. The summed E-state index contributed by atoms with van der Waals surface area (Å²) in [5.74, 6) is 0. The highest BCUT2D eigenvalue weighted by Gasteiger charge is 2.25. The number of anilines is 1. The van der Waals surface area contributed by atoms with Crippen molar-refractivity contribution in [3.63, 3.8) is 0 Å². The van der Waals surface area contributed by atoms with Crippen LogP contribution in [0, 0.1) is 0 Å². The number of thioether (sulfide) groups is 1. The molecule has 0 atom stereocenters. The van der Waals surface area contributed by atoms with Gasteiger partial charge in [0.05, 0.1) is 16.1 Å². The van der Waals surface area contributed by atoms with Gasteiger partial charge in [0.2, 0.25) is 5.52 Å². The third kappa shape index (κ3) is 5.99. The van der Waals surface area contributed by atoms with Crippen molar-refractivity contribution in [3.8, 4) is 0 Å². The first kappa shape index (κ1) is 25.3. The first-order valence-electron chi connectivity index (χ1n) is 12.6. The number of nitrogens with zero attached hydrogens (tertiary/aromatic N) is 3. The van der Waals surface area contributed by atoms with E-state index in [0.717, 1.165) is 26.2 Å². The van der Waals surface area contributed by atoms with Crippen molar-refractivity contribution in [2.75, 3.05) is 31.1 Å². The zero-order valence-electron chi connectivity index (χ0n) is 21.1. The maximum atomic E-state index is 2.53. The Hall–Kier alpha value is -2.30. The molecule has 0 saturated heterocycles. The number of aryl methyl sites for hydroxylation is 1. The van der Waals surface area contributed by atoms with Crippen LogP contribution in [-0.2, 0) is 6.54 Å². The van der Waals surface area contributed by atoms with Crippen molar-refractivity contribution in [3.05, 3.63) is 71.4 Å². The van der Waals surface area contributed by atoms with Gasteiger partial charge in [0.15, 0.2) is 6.20 Å². The molecule has 1 aliphatic heterocycles. The molecular weight excluding hydrogens is 422 g/mol. The Bertz CT molecular complexity index is 1060. The van der Waals surface area contributed by atoms with Crippen LogP contribution in [0.5, 0.6) is 0 Å². The molecule has 0 amide bonds. The smallest absolute Gasteiger partial charge is 0.213 e. The number of pyridine rings is 1. The largest absolute Gasteiger partial charge is 0.335 e. The fraction of sp³-hybridized carbons (Fsp3) is 0.414. The lowest BCUT2D eigenvalue weighted by Gasteiger charge is -2.22. The van der Waals surface area contributed by atoms with E-state index in [-0.39, 0.29) is 0 Å². The van der Waals surface area contributed by atoms with E-state index in [1.54, 1.807) is 0 Å². The Morgan fingerprint density at radius 2 is 1.64 bits per heavy atom. The maximum absolute atomic E-state index is 2.53. The van der Waals surface area contributed by atoms with Crippen molar-refractivity contribution in [1.29, 1.82) is 0 Å². The van der Waals surface area contributed by atoms with E-state index in [9.17, 15) is 0 Å². The molecule has 1 aromatic heterocycles. The molecule has 3 nitrogen and oxygen atoms in total. The van der Waals surface area contributed by atoms with E-state index < -0.39 is 0 Å². The molecule has 176 valence electrons. The number of rotatable bonds is 9. The molecule has 0 N–H and O–H groups in total. The molecule has 0 radical (unpaired) electrons. The summed E-state index contributed by atoms with van der Waals surface area (Å²) in [5.41, 5.74) is 3.94. The fourth-order valence-corrected chi connectivity index (χ4v) is 5.52. The van der Waals surface area contributed by atoms with Gasteiger partial charge in [-0.3, -0.25) is 0 Å². The number of unbranched alkanes of at least 4 members (excludes halogenated alkanes) is 1. The Kier molecular flexibility index (Phi) is 9.83. The summed E-state index contributed by atoms with van der Waals surface area (Å²) in [7, 11) is 0. The van der Waals surface area contributed by atoms with Gasteiger partial charge in [-0.2, -0.15) is 4.57 Å². The molecule has 0 spiro atoms. The van der Waals surface area contributed by atoms with Gasteiger partial charge in [0.25, 0.3) is 0 Å². The van der Waals surface area contributed by atoms with Gasteiger partial charge in [-0.05, 0) is 69.2 Å². The van der Waals surface area contributed by atoms with Crippen LogP contribution in [0.25, 0.3) is 17.0 Å². The lowest BCUT2D eigenvalue weighted by atomic mass is 10.1. The molecule has 1 aliphatic rings. The lowest BCUT2D eigenvalue weighted by Crippen LogP contribution is -2.32. The summed E-state index contributed by atoms with van der Waals surface area (Å²) >= 11 is 1.90. The molecule has 0 bridgehead atoms. The van der Waals surface area contributed by atoms with E-state index in [1.807, 2.05) is 25.6 Å². The van der Waals surface area contributed by atoms with Crippen LogP contribution in [0.3, 0.4) is 0 Å². The maximum Gasteiger partial charge on any atom is 0.213 e. The second kappa shape index (κ2) is 12.8. The van der Waals surface area contributed by atoms with Gasteiger partial charge in [0.1, 0.15) is 6.54 Å². The van der Waals surface area contributed by atoms with Gasteiger partial charge in [0, 0.05) is 23.6 Å². The third-order valence-electron chi connectivity index (χ3n) is 6.22. The predicted octanol–water partition coefficient (Wildman–Crippen LogP) is 7.21. The highest BCUT2D eigenvalue weighted by atomic mass is 32.2. The lowest BCUT2D eigenvalue weighted by molar-refractivity contribution is -0.667. The van der Waals surface area contributed by atoms with Crippen LogP contribution in [0.15, 0.2) is 70.7 Å². The van der Waals surface area contributed by atoms with E-state index in [2.05, 4.69) is 102 Å². The Morgan fingerprint density at radius 3 is 2.39 bits per heavy atom. The first-order valence-corrected chi connectivity index (χ1v) is 13.5. The molecule has 0 aliphatic carbocycles. The number of hydrogen-bond donors (Lipinski definition) is 0. The average Bonchev–Trinajstić information content (AvgIpc) is 3.22. The first-order chi connectivity index (χ1) is 16.2. The second-order valence-electron chi connectivity index (χ2n) is 8.01. The van der Waals surface area contributed by atoms with Crippen molar-refractivity contribution in [2.24, 2.45) is 0 Å². The molecule has 33 heavy (non-hydrogen) atoms. The van der Waals surface area contributed by atoms with Gasteiger partial charge in [-0.25, -0.2) is 0 Å². The minimum atomic E-state index is 0.982. The van der Waals surface area contributed by atoms with Crippen molar-refractivity contribution >= 4 is 34.4 Å². The highest BCUT2D eigenvalue weighted by Crippen LogP contribution is 2.46. The van der Waals surface area contributed by atoms with Crippen LogP contribution in [0.4, 0.5) is 5.69 Å². The van der Waals surface area contributed by atoms with E-state index in [4.69, 9.17) is 0 Å². The molecule has 0 unspecified atom stereocenters. The van der Waals surface area contributed by atoms with Gasteiger partial charge in [-0.15, -0.1) is 0 Å². The summed E-state index contributed by atoms with van der Waals surface area (Å²) in [6, 6.07) is 19.8. The summed E-state index contributed by atoms with van der Waals surface area (Å²) < 4.78 is 2.32. The van der Waals surface area contributed by atoms with E-state index in [1.165, 1.54) is 51.5 Å². The quantitative estimate of drug-likeness (QED) is 0.246. The monoisotopic (exact) mass is 462 g/mol. The van der Waals surface area contributed by atoms with Gasteiger partial charge < -0.3 is 9.80 Å². The van der Waals surface area contributed by atoms with Gasteiger partial charge >= 0.3 is 0 Å². The molecule has 4 rings (SSSR count). The zero-order valence-corrected chi connectivity index (χ0v) is 21.9. The molecule has 3 aromatic rings. The summed E-state index contributed by atoms with van der Waals surface area (Å²) in [5, 5.41) is 2.65. The third-order valence-corrected chi connectivity index (χ3v) is 7.33. The normalized spacial score (nSPS) is 14.0. The van der Waals surface area contributed by atoms with Crippen LogP contribution >= 0.6 is 11.8 Å². The summed E-state index contributed by atoms with van der Waals surface area (Å²) in [4.78, 5) is 6.40. The minimum absolute atomic E-state index is 0.982. The number of para-hydroxylation sites is 2. The van der Waals surface area contributed by atoms with Crippen LogP contribution in [0.2, 0.25) is 0 Å². The van der Waals surface area contributed by atoms with Crippen molar-refractivity contribution < 1.29 is 4.57 Å². The molecule has 0 saturated carbocycles. The second-order valence-corrected chi connectivity index (χ2v) is 9.07. The Morgan fingerprint density at radius 1 is 0.909 bits per heavy atom. The van der Waals surface area contributed by atoms with Crippen LogP contribution in [-0.4, -0.2) is 31.1 Å². The van der Waals surface area contributed by atoms with Crippen LogP contribution < -0.4 is 9.47 Å². The number of hydrogen-bond acceptors (Lipinski definition) is 3. The zero-order chi connectivity index (χ0) is 23.6. The van der Waals surface area contributed by atoms with Crippen molar-refractivity contribution in [2.45, 2.75) is 58.9 Å². The van der Waals surface area contributed by atoms with E-state index in [0.29, 0.717) is 0 Å². The molecule has 0 fully saturated rings. The van der Waals surface area contributed by atoms with Crippen LogP contribution in [0.1, 0.15) is 53.0 Å². The Labute approximate surface area is 205 Å². The summed E-state index contributed by atoms with van der Waals surface area (Å²) in [6.45, 7) is 16.2. The number of aromatic nitrogens is 1. The van der Waals surface area contributed by atoms with Gasteiger partial charge in [-0.1, -0.05) is 63.7 Å². The number of benzene rings is 2.